The molecule has 0 aliphatic carbocycles. The maximum atomic E-state index is 9.78. The first-order valence-electron chi connectivity index (χ1n) is 5.77. The van der Waals surface area contributed by atoms with Crippen molar-refractivity contribution in [2.75, 3.05) is 6.54 Å². The van der Waals surface area contributed by atoms with Gasteiger partial charge in [-0.15, -0.1) is 0 Å². The van der Waals surface area contributed by atoms with Crippen molar-refractivity contribution in [3.8, 4) is 5.75 Å². The monoisotopic (exact) mass is 207 g/mol. The van der Waals surface area contributed by atoms with E-state index in [0.717, 1.165) is 37.8 Å². The molecule has 0 saturated carbocycles. The second-order valence-corrected chi connectivity index (χ2v) is 3.98. The minimum absolute atomic E-state index is 0.424. The molecule has 0 saturated heterocycles. The molecule has 1 rings (SSSR count). The third kappa shape index (κ3) is 3.56. The first-order chi connectivity index (χ1) is 7.29. The highest BCUT2D eigenvalue weighted by Crippen LogP contribution is 2.32. The first kappa shape index (κ1) is 12.1. The summed E-state index contributed by atoms with van der Waals surface area (Å²) in [6.07, 6.45) is 4.36. The summed E-state index contributed by atoms with van der Waals surface area (Å²) in [5.74, 6) is 0.882. The number of hydrogen-bond donors (Lipinski definition) is 2. The average molecular weight is 207 g/mol. The fraction of sp³-hybridized carbons (Fsp3) is 0.538. The highest BCUT2D eigenvalue weighted by molar-refractivity contribution is 5.34. The number of nitrogens with two attached hydrogens (primary N) is 1. The molecule has 0 radical (unpaired) electrons. The zero-order chi connectivity index (χ0) is 11.1. The number of benzene rings is 1. The lowest BCUT2D eigenvalue weighted by atomic mass is 9.89. The Balaban J connectivity index is 2.74. The van der Waals surface area contributed by atoms with Gasteiger partial charge in [0, 0.05) is 0 Å². The molecule has 2 nitrogen and oxygen atoms in total. The molecule has 84 valence electrons. The van der Waals surface area contributed by atoms with Crippen LogP contribution in [0.2, 0.25) is 0 Å². The van der Waals surface area contributed by atoms with Crippen LogP contribution < -0.4 is 5.73 Å². The predicted octanol–water partition coefficient (Wildman–Crippen LogP) is 3.01. The van der Waals surface area contributed by atoms with E-state index in [1.54, 1.807) is 6.07 Å². The maximum Gasteiger partial charge on any atom is 0.119 e. The van der Waals surface area contributed by atoms with E-state index < -0.39 is 0 Å². The topological polar surface area (TPSA) is 46.2 Å². The van der Waals surface area contributed by atoms with Crippen LogP contribution in [0, 0.1) is 0 Å². The molecule has 0 spiro atoms. The lowest BCUT2D eigenvalue weighted by Gasteiger charge is -2.17. The lowest BCUT2D eigenvalue weighted by molar-refractivity contribution is 0.449. The number of aromatic hydroxyl groups is 1. The Morgan fingerprint density at radius 1 is 1.27 bits per heavy atom. The highest BCUT2D eigenvalue weighted by Gasteiger charge is 2.13. The summed E-state index contributed by atoms with van der Waals surface area (Å²) in [5, 5.41) is 9.78. The summed E-state index contributed by atoms with van der Waals surface area (Å²) in [7, 11) is 0. The van der Waals surface area contributed by atoms with E-state index in [-0.39, 0.29) is 0 Å². The van der Waals surface area contributed by atoms with Crippen LogP contribution >= 0.6 is 0 Å². The van der Waals surface area contributed by atoms with Crippen LogP contribution in [0.3, 0.4) is 0 Å². The van der Waals surface area contributed by atoms with Crippen molar-refractivity contribution in [1.82, 2.24) is 0 Å². The first-order valence-corrected chi connectivity index (χ1v) is 5.77. The zero-order valence-electron chi connectivity index (χ0n) is 9.45. The van der Waals surface area contributed by atoms with Gasteiger partial charge >= 0.3 is 0 Å². The average Bonchev–Trinajstić information content (AvgIpc) is 2.25. The molecule has 1 aromatic carbocycles. The van der Waals surface area contributed by atoms with E-state index in [2.05, 4.69) is 6.92 Å². The summed E-state index contributed by atoms with van der Waals surface area (Å²) in [6, 6.07) is 7.64. The van der Waals surface area contributed by atoms with E-state index in [4.69, 9.17) is 5.73 Å². The van der Waals surface area contributed by atoms with Crippen LogP contribution in [-0.4, -0.2) is 11.7 Å². The summed E-state index contributed by atoms with van der Waals surface area (Å²) in [4.78, 5) is 0. The quantitative estimate of drug-likeness (QED) is 0.753. The Morgan fingerprint density at radius 3 is 2.60 bits per heavy atom. The molecule has 1 atom stereocenters. The van der Waals surface area contributed by atoms with Crippen LogP contribution in [0.5, 0.6) is 5.75 Å². The normalized spacial score (nSPS) is 12.7. The minimum Gasteiger partial charge on any atom is -0.508 e. The third-order valence-corrected chi connectivity index (χ3v) is 2.77. The maximum absolute atomic E-state index is 9.78. The van der Waals surface area contributed by atoms with Gasteiger partial charge in [-0.1, -0.05) is 31.5 Å². The molecule has 0 aliphatic rings. The fourth-order valence-corrected chi connectivity index (χ4v) is 2.00. The van der Waals surface area contributed by atoms with Gasteiger partial charge in [0.2, 0.25) is 0 Å². The Bertz CT molecular complexity index is 286. The Labute approximate surface area is 92.1 Å². The Hall–Kier alpha value is -1.02. The molecule has 15 heavy (non-hydrogen) atoms. The molecule has 3 N–H and O–H groups in total. The van der Waals surface area contributed by atoms with Crippen LogP contribution in [0.1, 0.15) is 44.1 Å². The van der Waals surface area contributed by atoms with Gasteiger partial charge in [-0.05, 0) is 43.4 Å². The van der Waals surface area contributed by atoms with Crippen molar-refractivity contribution in [1.29, 1.82) is 0 Å². The van der Waals surface area contributed by atoms with Crippen molar-refractivity contribution in [2.45, 2.75) is 38.5 Å². The van der Waals surface area contributed by atoms with Crippen LogP contribution in [-0.2, 0) is 0 Å². The largest absolute Gasteiger partial charge is 0.508 e. The third-order valence-electron chi connectivity index (χ3n) is 2.77. The van der Waals surface area contributed by atoms with Gasteiger partial charge in [0.05, 0.1) is 0 Å². The highest BCUT2D eigenvalue weighted by atomic mass is 16.3. The molecule has 0 amide bonds. The van der Waals surface area contributed by atoms with E-state index >= 15 is 0 Å². The van der Waals surface area contributed by atoms with Crippen molar-refractivity contribution in [3.63, 3.8) is 0 Å². The van der Waals surface area contributed by atoms with E-state index in [1.165, 1.54) is 0 Å². The summed E-state index contributed by atoms with van der Waals surface area (Å²) in [6.45, 7) is 2.91. The van der Waals surface area contributed by atoms with Crippen molar-refractivity contribution >= 4 is 0 Å². The van der Waals surface area contributed by atoms with Gasteiger partial charge in [-0.2, -0.15) is 0 Å². The number of phenolic OH excluding ortho intramolecular Hbond substituents is 1. The van der Waals surface area contributed by atoms with E-state index in [9.17, 15) is 5.11 Å². The summed E-state index contributed by atoms with van der Waals surface area (Å²) >= 11 is 0. The molecule has 2 heteroatoms. The standard InChI is InChI=1S/C13H21NO/c1-2-6-11(7-5-10-14)12-8-3-4-9-13(12)15/h3-4,8-9,11,15H,2,5-7,10,14H2,1H3. The van der Waals surface area contributed by atoms with Crippen LogP contribution in [0.4, 0.5) is 0 Å². The van der Waals surface area contributed by atoms with Crippen LogP contribution in [0.15, 0.2) is 24.3 Å². The second-order valence-electron chi connectivity index (χ2n) is 3.98. The smallest absolute Gasteiger partial charge is 0.119 e. The predicted molar refractivity (Wildman–Crippen MR) is 64.0 cm³/mol. The Morgan fingerprint density at radius 2 is 2.00 bits per heavy atom. The van der Waals surface area contributed by atoms with Gasteiger partial charge in [0.1, 0.15) is 5.75 Å². The molecular formula is C13H21NO. The van der Waals surface area contributed by atoms with E-state index in [1.807, 2.05) is 18.2 Å². The summed E-state index contributed by atoms with van der Waals surface area (Å²) < 4.78 is 0. The second kappa shape index (κ2) is 6.46. The molecule has 0 bridgehead atoms. The number of hydrogen-bond acceptors (Lipinski definition) is 2. The van der Waals surface area contributed by atoms with Gasteiger partial charge < -0.3 is 10.8 Å². The molecule has 0 aliphatic heterocycles. The lowest BCUT2D eigenvalue weighted by Crippen LogP contribution is -2.04. The van der Waals surface area contributed by atoms with Gasteiger partial charge in [-0.3, -0.25) is 0 Å². The SMILES string of the molecule is CCCC(CCCN)c1ccccc1O. The molecule has 0 fully saturated rings. The van der Waals surface area contributed by atoms with Crippen molar-refractivity contribution < 1.29 is 5.11 Å². The summed E-state index contributed by atoms with van der Waals surface area (Å²) in [5.41, 5.74) is 6.60. The van der Waals surface area contributed by atoms with Crippen molar-refractivity contribution in [2.24, 2.45) is 5.73 Å². The fourth-order valence-electron chi connectivity index (χ4n) is 2.00. The molecule has 0 aromatic heterocycles. The van der Waals surface area contributed by atoms with Crippen molar-refractivity contribution in [3.05, 3.63) is 29.8 Å². The number of rotatable bonds is 6. The number of para-hydroxylation sites is 1. The molecule has 0 heterocycles. The molecule has 1 unspecified atom stereocenters. The zero-order valence-corrected chi connectivity index (χ0v) is 9.45. The van der Waals surface area contributed by atoms with E-state index in [0.29, 0.717) is 11.7 Å². The number of phenols is 1. The Kier molecular flexibility index (Phi) is 5.19. The molecular weight excluding hydrogens is 186 g/mol. The van der Waals surface area contributed by atoms with Gasteiger partial charge in [-0.25, -0.2) is 0 Å². The van der Waals surface area contributed by atoms with Gasteiger partial charge in [0.15, 0.2) is 0 Å². The minimum atomic E-state index is 0.424. The molecule has 1 aromatic rings. The van der Waals surface area contributed by atoms with Crippen LogP contribution in [0.25, 0.3) is 0 Å². The van der Waals surface area contributed by atoms with Gasteiger partial charge in [0.25, 0.3) is 0 Å².